The molecule has 1 aromatic carbocycles. The highest BCUT2D eigenvalue weighted by Crippen LogP contribution is 2.40. The van der Waals surface area contributed by atoms with Crippen molar-refractivity contribution in [2.45, 2.75) is 38.2 Å². The molecule has 0 N–H and O–H groups in total. The zero-order valence-corrected chi connectivity index (χ0v) is 12.6. The first-order valence-electron chi connectivity index (χ1n) is 7.36. The Balaban J connectivity index is 1.87. The molecule has 0 radical (unpaired) electrons. The third-order valence-electron chi connectivity index (χ3n) is 4.49. The van der Waals surface area contributed by atoms with Gasteiger partial charge in [-0.3, -0.25) is 4.79 Å². The maximum atomic E-state index is 12.4. The number of nitrogens with zero attached hydrogens (tertiary/aromatic N) is 1. The van der Waals surface area contributed by atoms with Crippen molar-refractivity contribution < 1.29 is 9.53 Å². The van der Waals surface area contributed by atoms with E-state index in [9.17, 15) is 4.79 Å². The number of hydrogen-bond acceptors (Lipinski definition) is 3. The maximum Gasteiger partial charge on any atom is 0.170 e. The molecule has 1 aromatic rings. The van der Waals surface area contributed by atoms with E-state index in [0.29, 0.717) is 22.8 Å². The van der Waals surface area contributed by atoms with E-state index in [0.717, 1.165) is 38.9 Å². The third-order valence-corrected chi connectivity index (χ3v) is 4.72. The number of hydrogen-bond donors (Lipinski definition) is 0. The highest BCUT2D eigenvalue weighted by atomic mass is 35.5. The number of halogens is 1. The van der Waals surface area contributed by atoms with Gasteiger partial charge in [-0.25, -0.2) is 0 Å². The summed E-state index contributed by atoms with van der Waals surface area (Å²) in [6, 6.07) is 5.35. The molecule has 108 valence electrons. The molecule has 2 aliphatic rings. The van der Waals surface area contributed by atoms with Gasteiger partial charge in [-0.05, 0) is 44.1 Å². The summed E-state index contributed by atoms with van der Waals surface area (Å²) < 4.78 is 6.25. The molecule has 3 rings (SSSR count). The number of carbonyl (C=O) groups is 1. The predicted molar refractivity (Wildman–Crippen MR) is 79.7 cm³/mol. The molecule has 0 amide bonds. The molecule has 20 heavy (non-hydrogen) atoms. The number of fused-ring (bicyclic) bond motifs is 1. The molecule has 2 aliphatic heterocycles. The van der Waals surface area contributed by atoms with Crippen molar-refractivity contribution in [3.05, 3.63) is 28.8 Å². The lowest BCUT2D eigenvalue weighted by Gasteiger charge is -2.37. The van der Waals surface area contributed by atoms with Gasteiger partial charge in [0, 0.05) is 18.0 Å². The molecule has 0 aromatic heterocycles. The number of ether oxygens (including phenoxy) is 1. The van der Waals surface area contributed by atoms with Gasteiger partial charge in [0.15, 0.2) is 5.78 Å². The Hall–Kier alpha value is -1.06. The van der Waals surface area contributed by atoms with Crippen LogP contribution in [-0.4, -0.2) is 35.9 Å². The lowest BCUT2D eigenvalue weighted by molar-refractivity contribution is 0.0302. The second kappa shape index (κ2) is 5.38. The number of benzene rings is 1. The van der Waals surface area contributed by atoms with Crippen LogP contribution in [0.15, 0.2) is 18.2 Å². The first-order chi connectivity index (χ1) is 9.62. The van der Waals surface area contributed by atoms with E-state index in [2.05, 4.69) is 11.8 Å². The van der Waals surface area contributed by atoms with Crippen molar-refractivity contribution >= 4 is 17.4 Å². The molecule has 1 fully saturated rings. The minimum absolute atomic E-state index is 0.165. The molecule has 0 aliphatic carbocycles. The smallest absolute Gasteiger partial charge is 0.170 e. The number of carbonyl (C=O) groups excluding carboxylic acids is 1. The van der Waals surface area contributed by atoms with Crippen LogP contribution in [0.3, 0.4) is 0 Å². The minimum Gasteiger partial charge on any atom is -0.486 e. The first kappa shape index (κ1) is 13.9. The van der Waals surface area contributed by atoms with Crippen LogP contribution < -0.4 is 4.74 Å². The van der Waals surface area contributed by atoms with Crippen molar-refractivity contribution in [1.29, 1.82) is 0 Å². The topological polar surface area (TPSA) is 29.5 Å². The van der Waals surface area contributed by atoms with Gasteiger partial charge < -0.3 is 9.64 Å². The summed E-state index contributed by atoms with van der Waals surface area (Å²) in [6.45, 7) is 5.36. The van der Waals surface area contributed by atoms with Gasteiger partial charge in [-0.15, -0.1) is 0 Å². The predicted octanol–water partition coefficient (Wildman–Crippen LogP) is 3.55. The van der Waals surface area contributed by atoms with Crippen molar-refractivity contribution in [1.82, 2.24) is 4.90 Å². The zero-order chi connectivity index (χ0) is 14.2. The van der Waals surface area contributed by atoms with E-state index < -0.39 is 0 Å². The van der Waals surface area contributed by atoms with Crippen molar-refractivity contribution in [2.24, 2.45) is 0 Å². The summed E-state index contributed by atoms with van der Waals surface area (Å²) in [4.78, 5) is 14.9. The van der Waals surface area contributed by atoms with Crippen LogP contribution in [0.1, 0.15) is 43.0 Å². The van der Waals surface area contributed by atoms with Crippen molar-refractivity contribution in [3.63, 3.8) is 0 Å². The molecule has 1 spiro atoms. The fourth-order valence-corrected chi connectivity index (χ4v) is 3.46. The summed E-state index contributed by atoms with van der Waals surface area (Å²) in [5.41, 5.74) is 0.335. The lowest BCUT2D eigenvalue weighted by Crippen LogP contribution is -2.42. The average Bonchev–Trinajstić information content (AvgIpc) is 2.62. The largest absolute Gasteiger partial charge is 0.486 e. The van der Waals surface area contributed by atoms with E-state index in [1.54, 1.807) is 12.1 Å². The lowest BCUT2D eigenvalue weighted by atomic mass is 9.84. The van der Waals surface area contributed by atoms with Crippen LogP contribution in [0.25, 0.3) is 0 Å². The molecule has 1 saturated heterocycles. The van der Waals surface area contributed by atoms with Crippen LogP contribution in [0.4, 0.5) is 0 Å². The Morgan fingerprint density at radius 3 is 3.00 bits per heavy atom. The molecule has 2 heterocycles. The number of rotatable bonds is 1. The van der Waals surface area contributed by atoms with Gasteiger partial charge >= 0.3 is 0 Å². The summed E-state index contributed by atoms with van der Waals surface area (Å²) in [7, 11) is 0. The highest BCUT2D eigenvalue weighted by Gasteiger charge is 2.41. The second-order valence-corrected chi connectivity index (χ2v) is 6.25. The van der Waals surface area contributed by atoms with E-state index >= 15 is 0 Å². The van der Waals surface area contributed by atoms with Crippen molar-refractivity contribution in [2.75, 3.05) is 19.6 Å². The van der Waals surface area contributed by atoms with E-state index in [1.807, 2.05) is 6.07 Å². The third kappa shape index (κ3) is 2.57. The van der Waals surface area contributed by atoms with Crippen LogP contribution in [0.5, 0.6) is 5.75 Å². The highest BCUT2D eigenvalue weighted by molar-refractivity contribution is 6.31. The van der Waals surface area contributed by atoms with Crippen molar-refractivity contribution in [3.8, 4) is 5.75 Å². The Bertz CT molecular complexity index is 531. The SMILES string of the molecule is CCN1CCCC2(CC1)CC(=O)c1cc(Cl)ccc1O2. The van der Waals surface area contributed by atoms with E-state index in [4.69, 9.17) is 16.3 Å². The molecule has 0 bridgehead atoms. The van der Waals surface area contributed by atoms with E-state index in [1.165, 1.54) is 0 Å². The number of Topliss-reactive ketones (excluding diaryl/α,β-unsaturated/α-hetero) is 1. The molecule has 1 unspecified atom stereocenters. The van der Waals surface area contributed by atoms with Crippen LogP contribution in [0, 0.1) is 0 Å². The minimum atomic E-state index is -0.304. The Morgan fingerprint density at radius 2 is 2.20 bits per heavy atom. The standard InChI is InChI=1S/C16H20ClNO2/c1-2-18-8-3-6-16(7-9-18)11-14(19)13-10-12(17)4-5-15(13)20-16/h4-5,10H,2-3,6-9,11H2,1H3. The van der Waals surface area contributed by atoms with Crippen LogP contribution >= 0.6 is 11.6 Å². The van der Waals surface area contributed by atoms with E-state index in [-0.39, 0.29) is 11.4 Å². The van der Waals surface area contributed by atoms with Gasteiger partial charge in [-0.1, -0.05) is 18.5 Å². The number of likely N-dealkylation sites (tertiary alicyclic amines) is 1. The fourth-order valence-electron chi connectivity index (χ4n) is 3.28. The monoisotopic (exact) mass is 293 g/mol. The first-order valence-corrected chi connectivity index (χ1v) is 7.74. The molecular weight excluding hydrogens is 274 g/mol. The Morgan fingerprint density at radius 1 is 1.35 bits per heavy atom. The summed E-state index contributed by atoms with van der Waals surface area (Å²) in [5.74, 6) is 0.870. The maximum absolute atomic E-state index is 12.4. The fraction of sp³-hybridized carbons (Fsp3) is 0.562. The quantitative estimate of drug-likeness (QED) is 0.793. The number of ketones is 1. The van der Waals surface area contributed by atoms with Crippen LogP contribution in [-0.2, 0) is 0 Å². The van der Waals surface area contributed by atoms with Gasteiger partial charge in [-0.2, -0.15) is 0 Å². The zero-order valence-electron chi connectivity index (χ0n) is 11.8. The average molecular weight is 294 g/mol. The molecule has 3 nitrogen and oxygen atoms in total. The normalized spacial score (nSPS) is 27.0. The van der Waals surface area contributed by atoms with Gasteiger partial charge in [0.05, 0.1) is 12.0 Å². The Labute approximate surface area is 124 Å². The van der Waals surface area contributed by atoms with Gasteiger partial charge in [0.25, 0.3) is 0 Å². The second-order valence-electron chi connectivity index (χ2n) is 5.81. The molecule has 4 heteroatoms. The summed E-state index contributed by atoms with van der Waals surface area (Å²) in [6.07, 6.45) is 3.45. The molecule has 1 atom stereocenters. The van der Waals surface area contributed by atoms with Gasteiger partial charge in [0.2, 0.25) is 0 Å². The summed E-state index contributed by atoms with van der Waals surface area (Å²) in [5, 5.41) is 0.592. The van der Waals surface area contributed by atoms with Crippen LogP contribution in [0.2, 0.25) is 5.02 Å². The molecular formula is C16H20ClNO2. The summed E-state index contributed by atoms with van der Waals surface area (Å²) >= 11 is 5.97. The Kier molecular flexibility index (Phi) is 3.74. The van der Waals surface area contributed by atoms with Gasteiger partial charge in [0.1, 0.15) is 11.4 Å². The molecule has 0 saturated carbocycles.